The molecular weight excluding hydrogens is 1170 g/mol. The molecule has 8 aromatic heterocycles. The summed E-state index contributed by atoms with van der Waals surface area (Å²) in [5.74, 6) is -3.53. The van der Waals surface area contributed by atoms with Crippen molar-refractivity contribution in [1.82, 2.24) is 58.3 Å². The fourth-order valence-electron chi connectivity index (χ4n) is 9.97. The standard InChI is InChI=1S/2C30H23ClF3N7O2/c2*1-14(2)43-22-8-7-17(10-21(22)34)26-24-27(35)36-13-37-29(24)41(39-26)15(3)25-23(16-5-4-6-18(32)9-16)30(42)40-12-19(33)11-20(31)28(40)38-25/h2*4-15H,1-3H3,(H2,35,36,37)/t2*15-/m10/s1. The number of aromatic nitrogens is 12. The van der Waals surface area contributed by atoms with Gasteiger partial charge in [-0.3, -0.25) is 18.4 Å². The van der Waals surface area contributed by atoms with Crippen LogP contribution in [0.15, 0.2) is 132 Å². The third-order valence-corrected chi connectivity index (χ3v) is 14.2. The van der Waals surface area contributed by atoms with Gasteiger partial charge in [-0.2, -0.15) is 10.2 Å². The van der Waals surface area contributed by atoms with Gasteiger partial charge in [0.1, 0.15) is 58.9 Å². The lowest BCUT2D eigenvalue weighted by Gasteiger charge is -2.18. The zero-order valence-corrected chi connectivity index (χ0v) is 47.5. The summed E-state index contributed by atoms with van der Waals surface area (Å²) in [4.78, 5) is 54.0. The summed E-state index contributed by atoms with van der Waals surface area (Å²) < 4.78 is 103. The van der Waals surface area contributed by atoms with Gasteiger partial charge in [0.2, 0.25) is 0 Å². The molecule has 12 rings (SSSR count). The van der Waals surface area contributed by atoms with Crippen LogP contribution in [0.25, 0.3) is 78.1 Å². The van der Waals surface area contributed by atoms with Crippen LogP contribution in [0, 0.1) is 34.9 Å². The Morgan fingerprint density at radius 1 is 0.477 bits per heavy atom. The van der Waals surface area contributed by atoms with Gasteiger partial charge in [0.25, 0.3) is 11.1 Å². The lowest BCUT2D eigenvalue weighted by Crippen LogP contribution is -2.24. The SMILES string of the molecule is CC(C)Oc1ccc(-c2nn([C@@H](C)c3nc4c(Cl)cc(F)cn4c(=O)c3-c3cccc(F)c3)c3ncnc(N)c23)cc1F.CC(C)Oc1ccc(-c2nn([C@H](C)c3nc4c(Cl)cc(F)cn4c(=O)c3-c3cccc(F)c3)c3ncnc(N)c23)cc1F. The number of nitrogen functional groups attached to an aromatic ring is 2. The van der Waals surface area contributed by atoms with Crippen molar-refractivity contribution < 1.29 is 35.8 Å². The Morgan fingerprint density at radius 3 is 1.23 bits per heavy atom. The summed E-state index contributed by atoms with van der Waals surface area (Å²) in [5, 5.41) is 9.96. The van der Waals surface area contributed by atoms with Crippen molar-refractivity contribution in [3.63, 3.8) is 0 Å². The second kappa shape index (κ2) is 22.9. The van der Waals surface area contributed by atoms with Crippen LogP contribution in [-0.4, -0.2) is 70.5 Å². The Hall–Kier alpha value is -9.94. The van der Waals surface area contributed by atoms with Gasteiger partial charge in [0.05, 0.1) is 67.6 Å². The van der Waals surface area contributed by atoms with E-state index in [-0.39, 0.29) is 113 Å². The van der Waals surface area contributed by atoms with E-state index in [1.807, 2.05) is 0 Å². The number of ether oxygens (including phenoxy) is 2. The fourth-order valence-corrected chi connectivity index (χ4v) is 10.4. The van der Waals surface area contributed by atoms with Gasteiger partial charge in [0.15, 0.2) is 45.7 Å². The maximum Gasteiger partial charge on any atom is 0.266 e. The molecule has 0 saturated heterocycles. The van der Waals surface area contributed by atoms with Crippen LogP contribution >= 0.6 is 23.2 Å². The van der Waals surface area contributed by atoms with Gasteiger partial charge < -0.3 is 20.9 Å². The van der Waals surface area contributed by atoms with Crippen LogP contribution in [0.4, 0.5) is 38.0 Å². The van der Waals surface area contributed by atoms with Crippen molar-refractivity contribution in [1.29, 1.82) is 0 Å². The van der Waals surface area contributed by atoms with Crippen LogP contribution in [-0.2, 0) is 0 Å². The number of hydrogen-bond donors (Lipinski definition) is 2. The largest absolute Gasteiger partial charge is 0.488 e. The summed E-state index contributed by atoms with van der Waals surface area (Å²) in [7, 11) is 0. The molecule has 0 fully saturated rings. The van der Waals surface area contributed by atoms with Crippen molar-refractivity contribution in [2.45, 2.75) is 65.8 Å². The molecule has 0 spiro atoms. The second-order valence-corrected chi connectivity index (χ2v) is 21.1. The van der Waals surface area contributed by atoms with E-state index in [0.29, 0.717) is 21.9 Å². The van der Waals surface area contributed by atoms with Gasteiger partial charge in [0, 0.05) is 23.5 Å². The van der Waals surface area contributed by atoms with Crippen LogP contribution in [0.2, 0.25) is 10.0 Å². The van der Waals surface area contributed by atoms with E-state index in [1.54, 1.807) is 65.8 Å². The first-order valence-electron chi connectivity index (χ1n) is 26.3. The average molecular weight is 1210 g/mol. The molecule has 8 heterocycles. The highest BCUT2D eigenvalue weighted by Gasteiger charge is 2.30. The number of halogens is 8. The first-order chi connectivity index (χ1) is 41.1. The lowest BCUT2D eigenvalue weighted by molar-refractivity contribution is 0.231. The van der Waals surface area contributed by atoms with Crippen molar-refractivity contribution >= 4 is 68.2 Å². The number of anilines is 2. The topological polar surface area (TPSA) is 226 Å². The molecule has 26 heteroatoms. The summed E-state index contributed by atoms with van der Waals surface area (Å²) in [6.45, 7) is 10.6. The molecule has 0 radical (unpaired) electrons. The van der Waals surface area contributed by atoms with Gasteiger partial charge in [-0.05, 0) is 125 Å². The molecule has 18 nitrogen and oxygen atoms in total. The van der Waals surface area contributed by atoms with Crippen molar-refractivity contribution in [2.24, 2.45) is 0 Å². The zero-order valence-electron chi connectivity index (χ0n) is 46.0. The summed E-state index contributed by atoms with van der Waals surface area (Å²) in [5.41, 5.74) is 13.7. The molecule has 4 aromatic carbocycles. The molecule has 436 valence electrons. The number of hydrogen-bond acceptors (Lipinski definition) is 14. The van der Waals surface area contributed by atoms with E-state index in [2.05, 4.69) is 29.9 Å². The van der Waals surface area contributed by atoms with Crippen molar-refractivity contribution in [2.75, 3.05) is 11.5 Å². The molecule has 0 aliphatic heterocycles. The Balaban J connectivity index is 0.000000179. The molecule has 4 N–H and O–H groups in total. The number of nitrogens with zero attached hydrogens (tertiary/aromatic N) is 12. The molecular formula is C60H46Cl2F6N14O4. The summed E-state index contributed by atoms with van der Waals surface area (Å²) in [6.07, 6.45) is 3.96. The van der Waals surface area contributed by atoms with Gasteiger partial charge in [-0.1, -0.05) is 47.5 Å². The smallest absolute Gasteiger partial charge is 0.266 e. The summed E-state index contributed by atoms with van der Waals surface area (Å²) >= 11 is 12.6. The van der Waals surface area contributed by atoms with Crippen LogP contribution in [0.5, 0.6) is 11.5 Å². The van der Waals surface area contributed by atoms with Gasteiger partial charge in [-0.25, -0.2) is 65.6 Å². The Labute approximate surface area is 492 Å². The lowest BCUT2D eigenvalue weighted by atomic mass is 10.0. The molecule has 0 saturated carbocycles. The number of rotatable bonds is 12. The third kappa shape index (κ3) is 10.7. The van der Waals surface area contributed by atoms with Crippen LogP contribution in [0.3, 0.4) is 0 Å². The Bertz CT molecular complexity index is 4530. The minimum Gasteiger partial charge on any atom is -0.488 e. The van der Waals surface area contributed by atoms with E-state index in [4.69, 9.17) is 54.3 Å². The number of pyridine rings is 2. The van der Waals surface area contributed by atoms with E-state index >= 15 is 8.78 Å². The highest BCUT2D eigenvalue weighted by atomic mass is 35.5. The average Bonchev–Trinajstić information content (AvgIpc) is 1.48. The third-order valence-electron chi connectivity index (χ3n) is 13.7. The Kier molecular flexibility index (Phi) is 15.4. The van der Waals surface area contributed by atoms with Gasteiger partial charge in [-0.15, -0.1) is 0 Å². The molecule has 2 atom stereocenters. The number of fused-ring (bicyclic) bond motifs is 4. The van der Waals surface area contributed by atoms with Crippen molar-refractivity contribution in [3.05, 3.63) is 199 Å². The van der Waals surface area contributed by atoms with Crippen LogP contribution < -0.4 is 32.1 Å². The minimum absolute atomic E-state index is 0.000346. The van der Waals surface area contributed by atoms with Gasteiger partial charge >= 0.3 is 0 Å². The quantitative estimate of drug-likeness (QED) is 0.109. The maximum atomic E-state index is 15.0. The van der Waals surface area contributed by atoms with E-state index in [9.17, 15) is 27.2 Å². The molecule has 0 aliphatic carbocycles. The molecule has 12 aromatic rings. The van der Waals surface area contributed by atoms with E-state index < -0.39 is 58.1 Å². The summed E-state index contributed by atoms with van der Waals surface area (Å²) in [6, 6.07) is 20.0. The predicted octanol–water partition coefficient (Wildman–Crippen LogP) is 12.4. The fraction of sp³-hybridized carbons (Fsp3) is 0.167. The number of nitrogens with two attached hydrogens (primary N) is 2. The minimum atomic E-state index is -0.837. The first-order valence-corrected chi connectivity index (χ1v) is 27.1. The first kappa shape index (κ1) is 57.9. The monoisotopic (exact) mass is 1210 g/mol. The molecule has 0 bridgehead atoms. The highest BCUT2D eigenvalue weighted by molar-refractivity contribution is 6.33. The molecule has 0 amide bonds. The molecule has 0 unspecified atom stereocenters. The Morgan fingerprint density at radius 2 is 0.872 bits per heavy atom. The highest BCUT2D eigenvalue weighted by Crippen LogP contribution is 2.39. The zero-order chi connectivity index (χ0) is 61.2. The van der Waals surface area contributed by atoms with E-state index in [0.717, 1.165) is 33.3 Å². The number of benzene rings is 4. The molecule has 0 aliphatic rings. The molecule has 86 heavy (non-hydrogen) atoms. The van der Waals surface area contributed by atoms with Crippen molar-refractivity contribution in [3.8, 4) is 56.3 Å². The van der Waals surface area contributed by atoms with E-state index in [1.165, 1.54) is 82.7 Å². The maximum absolute atomic E-state index is 15.0. The normalized spacial score (nSPS) is 12.4. The van der Waals surface area contributed by atoms with Crippen LogP contribution in [0.1, 0.15) is 65.0 Å². The second-order valence-electron chi connectivity index (χ2n) is 20.3. The predicted molar refractivity (Wildman–Crippen MR) is 313 cm³/mol.